The van der Waals surface area contributed by atoms with Crippen molar-refractivity contribution in [2.24, 2.45) is 0 Å². The molecule has 0 bridgehead atoms. The van der Waals surface area contributed by atoms with Crippen molar-refractivity contribution in [1.82, 2.24) is 5.32 Å². The van der Waals surface area contributed by atoms with Gasteiger partial charge in [-0.2, -0.15) is 0 Å². The quantitative estimate of drug-likeness (QED) is 0.770. The molecule has 0 heterocycles. The van der Waals surface area contributed by atoms with Crippen molar-refractivity contribution in [3.05, 3.63) is 71.0 Å². The third kappa shape index (κ3) is 4.15. The van der Waals surface area contributed by atoms with E-state index in [1.165, 1.54) is 17.2 Å². The van der Waals surface area contributed by atoms with Gasteiger partial charge in [0, 0.05) is 12.1 Å². The van der Waals surface area contributed by atoms with Gasteiger partial charge in [0.15, 0.2) is 0 Å². The maximum absolute atomic E-state index is 13.3. The number of nitrogens with one attached hydrogen (secondary N) is 1. The maximum atomic E-state index is 13.3. The van der Waals surface area contributed by atoms with Crippen molar-refractivity contribution in [1.29, 1.82) is 0 Å². The highest BCUT2D eigenvalue weighted by atomic mass is 19.1. The topological polar surface area (TPSA) is 12.0 Å². The third-order valence-corrected chi connectivity index (χ3v) is 4.00. The standard InChI is InChI=1S/C19H24FN/c1-4-15-9-11-16(12-10-15)19(5-2)21-14(3)17-7-6-8-18(20)13-17/h6-14,19,21H,4-5H2,1-3H3/t14-,19?/m0/s1. The van der Waals surface area contributed by atoms with Gasteiger partial charge in [-0.15, -0.1) is 0 Å². The molecule has 2 aromatic rings. The molecule has 0 aliphatic heterocycles. The lowest BCUT2D eigenvalue weighted by Crippen LogP contribution is -2.24. The summed E-state index contributed by atoms with van der Waals surface area (Å²) in [7, 11) is 0. The lowest BCUT2D eigenvalue weighted by molar-refractivity contribution is 0.454. The van der Waals surface area contributed by atoms with Crippen molar-refractivity contribution >= 4 is 0 Å². The molecule has 21 heavy (non-hydrogen) atoms. The second kappa shape index (κ2) is 7.37. The molecule has 2 heteroatoms. The van der Waals surface area contributed by atoms with Crippen LogP contribution in [0.5, 0.6) is 0 Å². The Kier molecular flexibility index (Phi) is 5.51. The lowest BCUT2D eigenvalue weighted by Gasteiger charge is -2.23. The van der Waals surface area contributed by atoms with Gasteiger partial charge in [-0.05, 0) is 48.6 Å². The Morgan fingerprint density at radius 3 is 2.29 bits per heavy atom. The first-order chi connectivity index (χ1) is 10.1. The summed E-state index contributed by atoms with van der Waals surface area (Å²) >= 11 is 0. The van der Waals surface area contributed by atoms with Gasteiger partial charge in [-0.1, -0.05) is 50.2 Å². The highest BCUT2D eigenvalue weighted by molar-refractivity contribution is 5.26. The van der Waals surface area contributed by atoms with E-state index in [-0.39, 0.29) is 17.9 Å². The molecule has 2 aromatic carbocycles. The molecule has 1 N–H and O–H groups in total. The minimum atomic E-state index is -0.179. The number of hydrogen-bond acceptors (Lipinski definition) is 1. The van der Waals surface area contributed by atoms with Crippen molar-refractivity contribution in [2.75, 3.05) is 0 Å². The molecule has 2 atom stereocenters. The molecule has 0 spiro atoms. The zero-order valence-electron chi connectivity index (χ0n) is 13.1. The predicted octanol–water partition coefficient (Wildman–Crippen LogP) is 5.19. The van der Waals surface area contributed by atoms with Crippen LogP contribution in [0.15, 0.2) is 48.5 Å². The van der Waals surface area contributed by atoms with Crippen molar-refractivity contribution in [3.8, 4) is 0 Å². The van der Waals surface area contributed by atoms with Crippen LogP contribution < -0.4 is 5.32 Å². The molecule has 112 valence electrons. The largest absolute Gasteiger partial charge is 0.303 e. The molecule has 1 unspecified atom stereocenters. The van der Waals surface area contributed by atoms with E-state index in [4.69, 9.17) is 0 Å². The van der Waals surface area contributed by atoms with Gasteiger partial charge in [0.25, 0.3) is 0 Å². The van der Waals surface area contributed by atoms with Gasteiger partial charge >= 0.3 is 0 Å². The first-order valence-electron chi connectivity index (χ1n) is 7.74. The van der Waals surface area contributed by atoms with E-state index >= 15 is 0 Å². The Hall–Kier alpha value is -1.67. The first-order valence-corrected chi connectivity index (χ1v) is 7.74. The molecule has 0 amide bonds. The first kappa shape index (κ1) is 15.7. The van der Waals surface area contributed by atoms with Crippen molar-refractivity contribution in [3.63, 3.8) is 0 Å². The van der Waals surface area contributed by atoms with E-state index in [1.54, 1.807) is 12.1 Å². The molecule has 0 saturated carbocycles. The fraction of sp³-hybridized carbons (Fsp3) is 0.368. The third-order valence-electron chi connectivity index (χ3n) is 4.00. The average Bonchev–Trinajstić information content (AvgIpc) is 2.52. The van der Waals surface area contributed by atoms with E-state index < -0.39 is 0 Å². The molecule has 0 radical (unpaired) electrons. The number of rotatable bonds is 6. The van der Waals surface area contributed by atoms with Crippen molar-refractivity contribution in [2.45, 2.75) is 45.7 Å². The summed E-state index contributed by atoms with van der Waals surface area (Å²) in [5.74, 6) is -0.179. The number of aryl methyl sites for hydroxylation is 1. The predicted molar refractivity (Wildman–Crippen MR) is 86.8 cm³/mol. The van der Waals surface area contributed by atoms with Crippen LogP contribution in [-0.2, 0) is 6.42 Å². The van der Waals surface area contributed by atoms with Gasteiger partial charge in [-0.3, -0.25) is 0 Å². The second-order valence-corrected chi connectivity index (χ2v) is 5.50. The summed E-state index contributed by atoms with van der Waals surface area (Å²) < 4.78 is 13.3. The van der Waals surface area contributed by atoms with Gasteiger partial charge in [0.1, 0.15) is 5.82 Å². The van der Waals surface area contributed by atoms with E-state index in [0.717, 1.165) is 18.4 Å². The fourth-order valence-corrected chi connectivity index (χ4v) is 2.61. The fourth-order valence-electron chi connectivity index (χ4n) is 2.61. The Bertz CT molecular complexity index is 562. The summed E-state index contributed by atoms with van der Waals surface area (Å²) in [4.78, 5) is 0. The molecule has 1 nitrogen and oxygen atoms in total. The van der Waals surface area contributed by atoms with Crippen LogP contribution in [0.25, 0.3) is 0 Å². The number of hydrogen-bond donors (Lipinski definition) is 1. The number of benzene rings is 2. The molecule has 0 aliphatic carbocycles. The van der Waals surface area contributed by atoms with Crippen LogP contribution in [0.2, 0.25) is 0 Å². The highest BCUT2D eigenvalue weighted by Crippen LogP contribution is 2.23. The Morgan fingerprint density at radius 1 is 1.00 bits per heavy atom. The molecule has 0 fully saturated rings. The lowest BCUT2D eigenvalue weighted by atomic mass is 9.99. The van der Waals surface area contributed by atoms with Gasteiger partial charge in [0.05, 0.1) is 0 Å². The minimum absolute atomic E-state index is 0.122. The van der Waals surface area contributed by atoms with Gasteiger partial charge in [-0.25, -0.2) is 4.39 Å². The van der Waals surface area contributed by atoms with Crippen LogP contribution in [0, 0.1) is 5.82 Å². The molecule has 0 saturated heterocycles. The van der Waals surface area contributed by atoms with Crippen LogP contribution in [-0.4, -0.2) is 0 Å². The maximum Gasteiger partial charge on any atom is 0.123 e. The van der Waals surface area contributed by atoms with E-state index in [2.05, 4.69) is 50.4 Å². The summed E-state index contributed by atoms with van der Waals surface area (Å²) in [5, 5.41) is 3.60. The zero-order chi connectivity index (χ0) is 15.2. The van der Waals surface area contributed by atoms with Gasteiger partial charge < -0.3 is 5.32 Å². The van der Waals surface area contributed by atoms with Crippen LogP contribution in [0.1, 0.15) is 56.0 Å². The number of halogens is 1. The molecular weight excluding hydrogens is 261 g/mol. The van der Waals surface area contributed by atoms with Gasteiger partial charge in [0.2, 0.25) is 0 Å². The van der Waals surface area contributed by atoms with Crippen LogP contribution >= 0.6 is 0 Å². The summed E-state index contributed by atoms with van der Waals surface area (Å²) in [6, 6.07) is 16.0. The molecule has 2 rings (SSSR count). The summed E-state index contributed by atoms with van der Waals surface area (Å²) in [6.07, 6.45) is 2.06. The summed E-state index contributed by atoms with van der Waals surface area (Å²) in [5.41, 5.74) is 3.63. The minimum Gasteiger partial charge on any atom is -0.303 e. The van der Waals surface area contributed by atoms with Crippen LogP contribution in [0.4, 0.5) is 4.39 Å². The van der Waals surface area contributed by atoms with Crippen molar-refractivity contribution < 1.29 is 4.39 Å². The Balaban J connectivity index is 2.10. The monoisotopic (exact) mass is 285 g/mol. The highest BCUT2D eigenvalue weighted by Gasteiger charge is 2.14. The molecule has 0 aromatic heterocycles. The molecular formula is C19H24FN. The van der Waals surface area contributed by atoms with Crippen LogP contribution in [0.3, 0.4) is 0 Å². The SMILES string of the molecule is CCc1ccc(C(CC)N[C@@H](C)c2cccc(F)c2)cc1. The normalized spacial score (nSPS) is 13.9. The second-order valence-electron chi connectivity index (χ2n) is 5.50. The van der Waals surface area contributed by atoms with E-state index in [9.17, 15) is 4.39 Å². The Morgan fingerprint density at radius 2 is 1.71 bits per heavy atom. The average molecular weight is 285 g/mol. The zero-order valence-corrected chi connectivity index (χ0v) is 13.1. The van der Waals surface area contributed by atoms with E-state index in [0.29, 0.717) is 0 Å². The Labute approximate surface area is 127 Å². The molecule has 0 aliphatic rings. The summed E-state index contributed by atoms with van der Waals surface area (Å²) in [6.45, 7) is 6.41. The van der Waals surface area contributed by atoms with E-state index in [1.807, 2.05) is 6.07 Å². The smallest absolute Gasteiger partial charge is 0.123 e.